The molecule has 0 saturated carbocycles. The van der Waals surface area contributed by atoms with E-state index in [1.165, 1.54) is 38.2 Å². The van der Waals surface area contributed by atoms with Crippen LogP contribution >= 0.6 is 11.3 Å². The first-order valence-corrected chi connectivity index (χ1v) is 20.4. The van der Waals surface area contributed by atoms with Gasteiger partial charge in [0.25, 0.3) is 0 Å². The molecule has 2 amide bonds. The van der Waals surface area contributed by atoms with Crippen LogP contribution in [0.25, 0.3) is 32.1 Å². The van der Waals surface area contributed by atoms with Gasteiger partial charge >= 0.3 is 18.2 Å². The standard InChI is InChI=1S/C33H35F2N5O6S.C7H12FN.C2H6/c1-16-22(13-14-40(16)31(42)46-33(5,6)7)44-27-19-10-9-18(24(35)25(19)37-29(38-27)43-8)17-11-12-21(34)26-23(17)20(15-36)28(47-26)39-30(41)45-32(2,3)4;8-6-4-7-2-1-3-9(7)5-6;1-2/h9-12,16,22H,13-14H2,1-8H3,(H,39,41);6-7H,1-5H2;1-2H3. The molecular formula is C42H53F3N6O6S. The maximum atomic E-state index is 16.5. The highest BCUT2D eigenvalue weighted by atomic mass is 32.1. The Kier molecular flexibility index (Phi) is 13.7. The fourth-order valence-corrected chi connectivity index (χ4v) is 8.38. The minimum absolute atomic E-state index is 0.0256. The Bertz CT molecular complexity index is 2170. The number of anilines is 1. The van der Waals surface area contributed by atoms with Crippen molar-refractivity contribution in [3.63, 3.8) is 0 Å². The number of nitrogens with one attached hydrogen (secondary N) is 1. The lowest BCUT2D eigenvalue weighted by Gasteiger charge is -2.28. The molecule has 12 nitrogen and oxygen atoms in total. The van der Waals surface area contributed by atoms with E-state index in [1.807, 2.05) is 26.8 Å². The molecule has 7 rings (SSSR count). The topological polar surface area (TPSA) is 139 Å². The largest absolute Gasteiger partial charge is 0.471 e. The second-order valence-corrected chi connectivity index (χ2v) is 17.2. The SMILES string of the molecule is CC.COc1nc(OC2CCN(C(=O)OC(C)(C)C)C2C)c2ccc(-c3ccc(F)c4sc(NC(=O)OC(C)(C)C)c(C#N)c34)c(F)c2n1.FC1CC2CCCN2C1. The number of carbonyl (C=O) groups excluding carboxylic acids is 2. The highest BCUT2D eigenvalue weighted by molar-refractivity contribution is 7.23. The van der Waals surface area contributed by atoms with Crippen LogP contribution in [0.3, 0.4) is 0 Å². The molecule has 2 aromatic heterocycles. The van der Waals surface area contributed by atoms with Gasteiger partial charge in [-0.25, -0.2) is 22.8 Å². The van der Waals surface area contributed by atoms with Crippen molar-refractivity contribution < 1.29 is 41.7 Å². The maximum absolute atomic E-state index is 16.5. The van der Waals surface area contributed by atoms with Gasteiger partial charge in [0.15, 0.2) is 5.82 Å². The second kappa shape index (κ2) is 17.9. The number of halogens is 3. The van der Waals surface area contributed by atoms with E-state index < -0.39 is 47.3 Å². The van der Waals surface area contributed by atoms with Gasteiger partial charge in [-0.3, -0.25) is 10.2 Å². The summed E-state index contributed by atoms with van der Waals surface area (Å²) in [6.07, 6.45) is 1.54. The number of aromatic nitrogens is 2. The van der Waals surface area contributed by atoms with Crippen LogP contribution in [0, 0.1) is 23.0 Å². The number of amides is 2. The predicted octanol–water partition coefficient (Wildman–Crippen LogP) is 10.0. The summed E-state index contributed by atoms with van der Waals surface area (Å²) in [5.74, 6) is -1.37. The molecule has 3 saturated heterocycles. The third-order valence-electron chi connectivity index (χ3n) is 9.78. The summed E-state index contributed by atoms with van der Waals surface area (Å²) in [5.41, 5.74) is -1.40. The van der Waals surface area contributed by atoms with Gasteiger partial charge in [0.2, 0.25) is 5.88 Å². The minimum Gasteiger partial charge on any atom is -0.471 e. The summed E-state index contributed by atoms with van der Waals surface area (Å²) in [6, 6.07) is 7.69. The number of ether oxygens (including phenoxy) is 4. The number of likely N-dealkylation sites (tertiary alicyclic amines) is 1. The summed E-state index contributed by atoms with van der Waals surface area (Å²) < 4.78 is 66.6. The summed E-state index contributed by atoms with van der Waals surface area (Å²) in [6.45, 7) is 18.5. The lowest BCUT2D eigenvalue weighted by Crippen LogP contribution is -2.42. The number of thiophene rings is 1. The van der Waals surface area contributed by atoms with E-state index >= 15 is 8.78 Å². The zero-order valence-corrected chi connectivity index (χ0v) is 35.6. The van der Waals surface area contributed by atoms with Crippen molar-refractivity contribution in [1.29, 1.82) is 5.26 Å². The van der Waals surface area contributed by atoms with Crippen LogP contribution in [0.4, 0.5) is 27.8 Å². The molecule has 3 aliphatic heterocycles. The predicted molar refractivity (Wildman–Crippen MR) is 218 cm³/mol. The van der Waals surface area contributed by atoms with Gasteiger partial charge in [-0.2, -0.15) is 15.2 Å². The molecule has 314 valence electrons. The molecule has 0 spiro atoms. The van der Waals surface area contributed by atoms with Crippen LogP contribution in [0.1, 0.15) is 93.6 Å². The van der Waals surface area contributed by atoms with Crippen molar-refractivity contribution in [2.24, 2.45) is 0 Å². The molecule has 3 aliphatic rings. The van der Waals surface area contributed by atoms with Crippen LogP contribution in [-0.2, 0) is 9.47 Å². The number of fused-ring (bicyclic) bond motifs is 3. The van der Waals surface area contributed by atoms with E-state index in [-0.39, 0.29) is 60.6 Å². The van der Waals surface area contributed by atoms with Crippen LogP contribution < -0.4 is 14.8 Å². The number of nitriles is 1. The van der Waals surface area contributed by atoms with Gasteiger partial charge in [0.1, 0.15) is 45.9 Å². The third-order valence-corrected chi connectivity index (χ3v) is 10.9. The quantitative estimate of drug-likeness (QED) is 0.207. The Morgan fingerprint density at radius 1 is 0.983 bits per heavy atom. The molecule has 2 aromatic carbocycles. The van der Waals surface area contributed by atoms with Crippen LogP contribution in [-0.4, -0.2) is 94.3 Å². The lowest BCUT2D eigenvalue weighted by atomic mass is 9.97. The van der Waals surface area contributed by atoms with Gasteiger partial charge in [-0.1, -0.05) is 26.0 Å². The molecule has 0 aliphatic carbocycles. The Hall–Kier alpha value is -4.88. The first-order chi connectivity index (χ1) is 27.4. The van der Waals surface area contributed by atoms with E-state index in [4.69, 9.17) is 18.9 Å². The van der Waals surface area contributed by atoms with Gasteiger partial charge in [0.05, 0.1) is 28.8 Å². The van der Waals surface area contributed by atoms with Crippen LogP contribution in [0.2, 0.25) is 0 Å². The van der Waals surface area contributed by atoms with Crippen LogP contribution in [0.5, 0.6) is 11.9 Å². The first-order valence-electron chi connectivity index (χ1n) is 19.6. The average molecular weight is 827 g/mol. The normalized spacial score (nSPS) is 20.4. The molecule has 58 heavy (non-hydrogen) atoms. The third kappa shape index (κ3) is 9.86. The molecule has 0 bridgehead atoms. The number of alkyl halides is 1. The zero-order chi connectivity index (χ0) is 42.7. The average Bonchev–Trinajstić information content (AvgIpc) is 3.92. The second-order valence-electron chi connectivity index (χ2n) is 16.2. The van der Waals surface area contributed by atoms with Gasteiger partial charge in [0, 0.05) is 36.5 Å². The molecule has 4 aromatic rings. The molecule has 4 atom stereocenters. The fourth-order valence-electron chi connectivity index (χ4n) is 7.31. The van der Waals surface area contributed by atoms with Crippen molar-refractivity contribution in [2.75, 3.05) is 32.1 Å². The Morgan fingerprint density at radius 2 is 1.67 bits per heavy atom. The summed E-state index contributed by atoms with van der Waals surface area (Å²) in [5, 5.41) is 13.0. The van der Waals surface area contributed by atoms with Gasteiger partial charge in [-0.15, -0.1) is 11.3 Å². The zero-order valence-electron chi connectivity index (χ0n) is 34.8. The molecule has 1 N–H and O–H groups in total. The number of nitrogens with zero attached hydrogens (tertiary/aromatic N) is 5. The van der Waals surface area contributed by atoms with E-state index in [0.717, 1.165) is 24.3 Å². The Balaban J connectivity index is 0.000000502. The van der Waals surface area contributed by atoms with E-state index in [9.17, 15) is 19.2 Å². The highest BCUT2D eigenvalue weighted by Crippen LogP contribution is 2.44. The minimum atomic E-state index is -0.818. The highest BCUT2D eigenvalue weighted by Gasteiger charge is 2.39. The number of hydrogen-bond donors (Lipinski definition) is 1. The van der Waals surface area contributed by atoms with E-state index in [2.05, 4.69) is 20.2 Å². The van der Waals surface area contributed by atoms with Crippen molar-refractivity contribution in [1.82, 2.24) is 19.8 Å². The summed E-state index contributed by atoms with van der Waals surface area (Å²) in [4.78, 5) is 37.7. The van der Waals surface area contributed by atoms with E-state index in [0.29, 0.717) is 25.6 Å². The van der Waals surface area contributed by atoms with Crippen molar-refractivity contribution >= 4 is 49.5 Å². The lowest BCUT2D eigenvalue weighted by molar-refractivity contribution is 0.0190. The fraction of sp³-hybridized carbons (Fsp3) is 0.548. The van der Waals surface area contributed by atoms with Crippen molar-refractivity contribution in [3.05, 3.63) is 41.5 Å². The molecule has 16 heteroatoms. The molecule has 3 fully saturated rings. The monoisotopic (exact) mass is 826 g/mol. The number of benzene rings is 2. The van der Waals surface area contributed by atoms with Crippen molar-refractivity contribution in [2.45, 2.75) is 124 Å². The maximum Gasteiger partial charge on any atom is 0.412 e. The molecule has 0 radical (unpaired) electrons. The number of hydrogen-bond acceptors (Lipinski definition) is 11. The number of methoxy groups -OCH3 is 1. The van der Waals surface area contributed by atoms with Crippen molar-refractivity contribution in [3.8, 4) is 29.1 Å². The molecule has 4 unspecified atom stereocenters. The molecular weight excluding hydrogens is 774 g/mol. The number of rotatable bonds is 5. The Labute approximate surface area is 341 Å². The number of carbonyl (C=O) groups is 2. The van der Waals surface area contributed by atoms with Crippen LogP contribution in [0.15, 0.2) is 24.3 Å². The summed E-state index contributed by atoms with van der Waals surface area (Å²) >= 11 is 0.845. The summed E-state index contributed by atoms with van der Waals surface area (Å²) in [7, 11) is 1.34. The smallest absolute Gasteiger partial charge is 0.412 e. The molecule has 5 heterocycles. The first kappa shape index (κ1) is 44.2. The Morgan fingerprint density at radius 3 is 2.31 bits per heavy atom. The van der Waals surface area contributed by atoms with Gasteiger partial charge in [-0.05, 0) is 92.0 Å². The van der Waals surface area contributed by atoms with Gasteiger partial charge < -0.3 is 23.8 Å². The van der Waals surface area contributed by atoms with E-state index in [1.54, 1.807) is 52.5 Å².